The number of unbranched alkanes of at least 4 members (excludes halogenated alkanes) is 1. The van der Waals surface area contributed by atoms with Crippen molar-refractivity contribution in [2.75, 3.05) is 6.61 Å². The van der Waals surface area contributed by atoms with Crippen LogP contribution in [0.4, 0.5) is 13.2 Å². The van der Waals surface area contributed by atoms with Gasteiger partial charge in [0.1, 0.15) is 0 Å². The Morgan fingerprint density at radius 2 is 1.89 bits per heavy atom. The van der Waals surface area contributed by atoms with Crippen molar-refractivity contribution < 1.29 is 23.1 Å². The van der Waals surface area contributed by atoms with Crippen molar-refractivity contribution in [3.8, 4) is 0 Å². The van der Waals surface area contributed by atoms with Gasteiger partial charge in [-0.2, -0.15) is 13.2 Å². The van der Waals surface area contributed by atoms with E-state index in [2.05, 4.69) is 5.32 Å². The van der Waals surface area contributed by atoms with Gasteiger partial charge in [-0.15, -0.1) is 0 Å². The van der Waals surface area contributed by atoms with Gasteiger partial charge in [-0.3, -0.25) is 4.79 Å². The zero-order valence-corrected chi connectivity index (χ0v) is 10.3. The van der Waals surface area contributed by atoms with Crippen LogP contribution in [0.3, 0.4) is 0 Å². The smallest absolute Gasteiger partial charge is 0.393 e. The molecule has 1 rings (SSSR count). The van der Waals surface area contributed by atoms with E-state index in [9.17, 15) is 18.0 Å². The molecule has 0 aromatic heterocycles. The number of amides is 1. The van der Waals surface area contributed by atoms with Crippen LogP contribution in [0.2, 0.25) is 0 Å². The molecule has 1 fully saturated rings. The van der Waals surface area contributed by atoms with Crippen molar-refractivity contribution in [1.29, 1.82) is 0 Å². The fourth-order valence-corrected chi connectivity index (χ4v) is 2.37. The largest absolute Gasteiger partial charge is 0.396 e. The van der Waals surface area contributed by atoms with Crippen LogP contribution in [-0.2, 0) is 4.79 Å². The molecule has 2 atom stereocenters. The number of aliphatic hydroxyl groups excluding tert-OH is 1. The van der Waals surface area contributed by atoms with Crippen LogP contribution < -0.4 is 5.32 Å². The van der Waals surface area contributed by atoms with Crippen molar-refractivity contribution in [2.24, 2.45) is 5.92 Å². The van der Waals surface area contributed by atoms with Crippen LogP contribution in [0, 0.1) is 5.92 Å². The van der Waals surface area contributed by atoms with Gasteiger partial charge in [-0.1, -0.05) is 12.8 Å². The first-order chi connectivity index (χ1) is 8.45. The molecule has 0 saturated heterocycles. The Balaban J connectivity index is 2.44. The Bertz CT molecular complexity index is 269. The van der Waals surface area contributed by atoms with E-state index in [1.165, 1.54) is 0 Å². The maximum atomic E-state index is 12.8. The van der Waals surface area contributed by atoms with Crippen LogP contribution in [0.5, 0.6) is 0 Å². The number of nitrogens with one attached hydrogen (secondary N) is 1. The lowest BCUT2D eigenvalue weighted by molar-refractivity contribution is -0.189. The molecule has 2 unspecified atom stereocenters. The van der Waals surface area contributed by atoms with Crippen molar-refractivity contribution in [3.63, 3.8) is 0 Å². The van der Waals surface area contributed by atoms with Gasteiger partial charge in [0.2, 0.25) is 5.91 Å². The second kappa shape index (κ2) is 6.97. The molecule has 0 radical (unpaired) electrons. The fourth-order valence-electron chi connectivity index (χ4n) is 2.37. The molecule has 106 valence electrons. The average Bonchev–Trinajstić information content (AvgIpc) is 2.28. The van der Waals surface area contributed by atoms with Gasteiger partial charge >= 0.3 is 6.18 Å². The van der Waals surface area contributed by atoms with Gasteiger partial charge in [0, 0.05) is 19.1 Å². The lowest BCUT2D eigenvalue weighted by atomic mass is 9.84. The molecule has 1 aliphatic carbocycles. The van der Waals surface area contributed by atoms with Crippen molar-refractivity contribution in [3.05, 3.63) is 0 Å². The first kappa shape index (κ1) is 15.3. The van der Waals surface area contributed by atoms with Crippen LogP contribution in [0.25, 0.3) is 0 Å². The molecule has 0 aliphatic heterocycles. The Labute approximate surface area is 105 Å². The summed E-state index contributed by atoms with van der Waals surface area (Å²) in [5.41, 5.74) is 0. The van der Waals surface area contributed by atoms with Crippen LogP contribution in [0.1, 0.15) is 44.9 Å². The van der Waals surface area contributed by atoms with Gasteiger partial charge in [-0.05, 0) is 25.7 Å². The quantitative estimate of drug-likeness (QED) is 0.751. The molecule has 1 amide bonds. The third-order valence-electron chi connectivity index (χ3n) is 3.34. The van der Waals surface area contributed by atoms with Crippen LogP contribution >= 0.6 is 0 Å². The highest BCUT2D eigenvalue weighted by molar-refractivity contribution is 5.76. The molecular formula is C12H20F3NO2. The number of halogens is 3. The molecular weight excluding hydrogens is 247 g/mol. The predicted molar refractivity (Wildman–Crippen MR) is 60.9 cm³/mol. The third kappa shape index (κ3) is 4.84. The second-order valence-electron chi connectivity index (χ2n) is 4.79. The van der Waals surface area contributed by atoms with E-state index < -0.39 is 18.1 Å². The molecule has 1 aliphatic rings. The molecule has 0 bridgehead atoms. The highest BCUT2D eigenvalue weighted by atomic mass is 19.4. The number of carbonyl (C=O) groups is 1. The average molecular weight is 267 g/mol. The highest BCUT2D eigenvalue weighted by Gasteiger charge is 2.45. The Morgan fingerprint density at radius 3 is 2.50 bits per heavy atom. The summed E-state index contributed by atoms with van der Waals surface area (Å²) in [6.45, 7) is 0.00187. The molecule has 0 heterocycles. The lowest BCUT2D eigenvalue weighted by Gasteiger charge is -2.33. The number of rotatable bonds is 5. The minimum atomic E-state index is -4.23. The Hall–Kier alpha value is -0.780. The summed E-state index contributed by atoms with van der Waals surface area (Å²) >= 11 is 0. The lowest BCUT2D eigenvalue weighted by Crippen LogP contribution is -2.47. The summed E-state index contributed by atoms with van der Waals surface area (Å²) in [4.78, 5) is 11.5. The standard InChI is InChI=1S/C12H20F3NO2/c13-12(14,15)9-5-1-2-6-10(9)16-11(18)7-3-4-8-17/h9-10,17H,1-8H2,(H,16,18). The van der Waals surface area contributed by atoms with Crippen LogP contribution in [0.15, 0.2) is 0 Å². The predicted octanol–water partition coefficient (Wildman–Crippen LogP) is 2.39. The molecule has 0 aromatic rings. The summed E-state index contributed by atoms with van der Waals surface area (Å²) in [6.07, 6.45) is -1.24. The molecule has 0 spiro atoms. The number of carbonyl (C=O) groups excluding carboxylic acids is 1. The molecule has 2 N–H and O–H groups in total. The van der Waals surface area contributed by atoms with Crippen molar-refractivity contribution in [2.45, 2.75) is 57.2 Å². The first-order valence-corrected chi connectivity index (χ1v) is 6.42. The maximum Gasteiger partial charge on any atom is 0.393 e. The van der Waals surface area contributed by atoms with Gasteiger partial charge in [-0.25, -0.2) is 0 Å². The fraction of sp³-hybridized carbons (Fsp3) is 0.917. The normalized spacial score (nSPS) is 24.9. The van der Waals surface area contributed by atoms with E-state index in [4.69, 9.17) is 5.11 Å². The zero-order chi connectivity index (χ0) is 13.6. The highest BCUT2D eigenvalue weighted by Crippen LogP contribution is 2.37. The topological polar surface area (TPSA) is 49.3 Å². The first-order valence-electron chi connectivity index (χ1n) is 6.42. The maximum absolute atomic E-state index is 12.8. The van der Waals surface area contributed by atoms with Gasteiger partial charge in [0.15, 0.2) is 0 Å². The van der Waals surface area contributed by atoms with Crippen LogP contribution in [-0.4, -0.2) is 29.8 Å². The van der Waals surface area contributed by atoms with Crippen molar-refractivity contribution >= 4 is 5.91 Å². The SMILES string of the molecule is O=C(CCCCO)NC1CCCCC1C(F)(F)F. The molecule has 6 heteroatoms. The van der Waals surface area contributed by atoms with Gasteiger partial charge < -0.3 is 10.4 Å². The monoisotopic (exact) mass is 267 g/mol. The van der Waals surface area contributed by atoms with E-state index in [1.54, 1.807) is 0 Å². The second-order valence-corrected chi connectivity index (χ2v) is 4.79. The summed E-state index contributed by atoms with van der Waals surface area (Å²) in [7, 11) is 0. The molecule has 18 heavy (non-hydrogen) atoms. The Kier molecular flexibility index (Phi) is 5.91. The van der Waals surface area contributed by atoms with Crippen molar-refractivity contribution in [1.82, 2.24) is 5.32 Å². The molecule has 0 aromatic carbocycles. The summed E-state index contributed by atoms with van der Waals surface area (Å²) < 4.78 is 38.3. The molecule has 3 nitrogen and oxygen atoms in total. The van der Waals surface area contributed by atoms with E-state index in [0.717, 1.165) is 6.42 Å². The van der Waals surface area contributed by atoms with Gasteiger partial charge in [0.05, 0.1) is 5.92 Å². The number of hydrogen-bond acceptors (Lipinski definition) is 2. The minimum Gasteiger partial charge on any atom is -0.396 e. The number of aliphatic hydroxyl groups is 1. The van der Waals surface area contributed by atoms with E-state index in [-0.39, 0.29) is 25.4 Å². The van der Waals surface area contributed by atoms with E-state index in [0.29, 0.717) is 25.7 Å². The van der Waals surface area contributed by atoms with Gasteiger partial charge in [0.25, 0.3) is 0 Å². The third-order valence-corrected chi connectivity index (χ3v) is 3.34. The zero-order valence-electron chi connectivity index (χ0n) is 10.3. The van der Waals surface area contributed by atoms with E-state index >= 15 is 0 Å². The number of hydrogen-bond donors (Lipinski definition) is 2. The molecule has 1 saturated carbocycles. The number of alkyl halides is 3. The summed E-state index contributed by atoms with van der Waals surface area (Å²) in [5.74, 6) is -1.75. The Morgan fingerprint density at radius 1 is 1.22 bits per heavy atom. The van der Waals surface area contributed by atoms with E-state index in [1.807, 2.05) is 0 Å². The summed E-state index contributed by atoms with van der Waals surface area (Å²) in [5, 5.41) is 11.1. The summed E-state index contributed by atoms with van der Waals surface area (Å²) in [6, 6.07) is -0.777. The minimum absolute atomic E-state index is 0.00187.